The van der Waals surface area contributed by atoms with Crippen molar-refractivity contribution in [2.75, 3.05) is 24.5 Å². The minimum Gasteiger partial charge on any atom is -0.481 e. The van der Waals surface area contributed by atoms with E-state index in [1.165, 1.54) is 11.1 Å². The summed E-state index contributed by atoms with van der Waals surface area (Å²) in [5, 5.41) is 9.08. The minimum absolute atomic E-state index is 0.184. The van der Waals surface area contributed by atoms with Gasteiger partial charge in [0.1, 0.15) is 0 Å². The van der Waals surface area contributed by atoms with Crippen molar-refractivity contribution in [2.24, 2.45) is 5.73 Å². The number of unbranched alkanes of at least 4 members (excludes halogenated alkanes) is 1. The first-order chi connectivity index (χ1) is 15.5. The van der Waals surface area contributed by atoms with Crippen molar-refractivity contribution in [3.05, 3.63) is 64.1 Å². The van der Waals surface area contributed by atoms with Crippen LogP contribution in [0.1, 0.15) is 55.7 Å². The Labute approximate surface area is 198 Å². The summed E-state index contributed by atoms with van der Waals surface area (Å²) in [4.78, 5) is 27.1. The number of rotatable bonds is 11. The fourth-order valence-corrected chi connectivity index (χ4v) is 4.80. The predicted molar refractivity (Wildman–Crippen MR) is 131 cm³/mol. The first kappa shape index (κ1) is 24.3. The van der Waals surface area contributed by atoms with Crippen LogP contribution in [0.4, 0.5) is 10.5 Å². The lowest BCUT2D eigenvalue weighted by atomic mass is 9.86. The average Bonchev–Trinajstić information content (AvgIpc) is 2.78. The van der Waals surface area contributed by atoms with Crippen LogP contribution >= 0.6 is 15.9 Å². The Balaban J connectivity index is 1.62. The zero-order valence-electron chi connectivity index (χ0n) is 18.4. The Morgan fingerprint density at radius 3 is 2.41 bits per heavy atom. The molecular formula is C25H32BrN3O3. The van der Waals surface area contributed by atoms with Gasteiger partial charge < -0.3 is 10.8 Å². The standard InChI is InChI=1S/C25H32BrN3O3/c26-20-12-14-21(15-13-20)29(25(27)32)18-4-3-16-28(17-6-11-24(30)31)23-10-5-8-19-7-1-2-9-22(19)23/h1-2,7,9,12-15,23H,3-6,8,10-11,16-18H2,(H2,27,32)(H,30,31). The molecule has 0 fully saturated rings. The highest BCUT2D eigenvalue weighted by Crippen LogP contribution is 2.34. The number of aryl methyl sites for hydroxylation is 1. The average molecular weight is 502 g/mol. The number of carbonyl (C=O) groups excluding carboxylic acids is 1. The van der Waals surface area contributed by atoms with E-state index in [1.54, 1.807) is 4.90 Å². The first-order valence-corrected chi connectivity index (χ1v) is 12.1. The molecule has 0 saturated heterocycles. The highest BCUT2D eigenvalue weighted by Gasteiger charge is 2.25. The van der Waals surface area contributed by atoms with Crippen molar-refractivity contribution < 1.29 is 14.7 Å². The second kappa shape index (κ2) is 12.0. The lowest BCUT2D eigenvalue weighted by molar-refractivity contribution is -0.137. The van der Waals surface area contributed by atoms with E-state index in [0.717, 1.165) is 55.4 Å². The molecule has 0 spiro atoms. The van der Waals surface area contributed by atoms with Crippen LogP contribution in [0.15, 0.2) is 53.0 Å². The van der Waals surface area contributed by atoms with Gasteiger partial charge in [-0.05, 0) is 87.0 Å². The number of benzene rings is 2. The molecule has 32 heavy (non-hydrogen) atoms. The van der Waals surface area contributed by atoms with Gasteiger partial charge in [-0.3, -0.25) is 14.6 Å². The Bertz CT molecular complexity index is 904. The number of carboxylic acids is 1. The van der Waals surface area contributed by atoms with Crippen molar-refractivity contribution in [1.82, 2.24) is 4.90 Å². The normalized spacial score (nSPS) is 15.4. The second-order valence-corrected chi connectivity index (χ2v) is 9.23. The summed E-state index contributed by atoms with van der Waals surface area (Å²) in [6, 6.07) is 16.0. The summed E-state index contributed by atoms with van der Waals surface area (Å²) < 4.78 is 0.954. The molecule has 6 nitrogen and oxygen atoms in total. The number of hydrogen-bond acceptors (Lipinski definition) is 3. The molecular weight excluding hydrogens is 470 g/mol. The maximum Gasteiger partial charge on any atom is 0.319 e. The number of urea groups is 1. The summed E-state index contributed by atoms with van der Waals surface area (Å²) >= 11 is 3.41. The van der Waals surface area contributed by atoms with Gasteiger partial charge >= 0.3 is 12.0 Å². The largest absolute Gasteiger partial charge is 0.481 e. The molecule has 2 amide bonds. The number of anilines is 1. The zero-order chi connectivity index (χ0) is 22.9. The molecule has 172 valence electrons. The fourth-order valence-electron chi connectivity index (χ4n) is 4.54. The van der Waals surface area contributed by atoms with Gasteiger partial charge in [-0.25, -0.2) is 4.79 Å². The Morgan fingerprint density at radius 1 is 1.00 bits per heavy atom. The number of nitrogens with zero attached hydrogens (tertiary/aromatic N) is 2. The molecule has 3 rings (SSSR count). The molecule has 1 unspecified atom stereocenters. The molecule has 0 saturated carbocycles. The Kier molecular flexibility index (Phi) is 9.11. The third-order valence-electron chi connectivity index (χ3n) is 6.10. The number of aliphatic carboxylic acids is 1. The lowest BCUT2D eigenvalue weighted by Crippen LogP contribution is -2.37. The summed E-state index contributed by atoms with van der Waals surface area (Å²) in [6.07, 6.45) is 5.90. The zero-order valence-corrected chi connectivity index (χ0v) is 20.0. The van der Waals surface area contributed by atoms with Gasteiger partial charge in [0.2, 0.25) is 0 Å². The fraction of sp³-hybridized carbons (Fsp3) is 0.440. The van der Waals surface area contributed by atoms with Crippen LogP contribution in [0.5, 0.6) is 0 Å². The Hall–Kier alpha value is -2.38. The van der Waals surface area contributed by atoms with Crippen molar-refractivity contribution in [3.8, 4) is 0 Å². The van der Waals surface area contributed by atoms with Gasteiger partial charge in [-0.1, -0.05) is 40.2 Å². The van der Waals surface area contributed by atoms with E-state index in [9.17, 15) is 9.59 Å². The molecule has 0 aromatic heterocycles. The van der Waals surface area contributed by atoms with Crippen molar-refractivity contribution in [3.63, 3.8) is 0 Å². The second-order valence-electron chi connectivity index (χ2n) is 8.31. The Morgan fingerprint density at radius 2 is 1.69 bits per heavy atom. The molecule has 7 heteroatoms. The molecule has 1 atom stereocenters. The summed E-state index contributed by atoms with van der Waals surface area (Å²) in [5.74, 6) is -0.749. The summed E-state index contributed by atoms with van der Waals surface area (Å²) in [5.41, 5.74) is 9.20. The topological polar surface area (TPSA) is 86.9 Å². The van der Waals surface area contributed by atoms with E-state index in [4.69, 9.17) is 10.8 Å². The highest BCUT2D eigenvalue weighted by atomic mass is 79.9. The molecule has 0 heterocycles. The number of carbonyl (C=O) groups is 2. The molecule has 0 radical (unpaired) electrons. The molecule has 2 aromatic rings. The molecule has 1 aliphatic carbocycles. The van der Waals surface area contributed by atoms with Crippen LogP contribution < -0.4 is 10.6 Å². The summed E-state index contributed by atoms with van der Waals surface area (Å²) in [6.45, 7) is 2.18. The molecule has 2 aromatic carbocycles. The van der Waals surface area contributed by atoms with E-state index in [1.807, 2.05) is 24.3 Å². The van der Waals surface area contributed by atoms with Gasteiger partial charge in [-0.2, -0.15) is 0 Å². The lowest BCUT2D eigenvalue weighted by Gasteiger charge is -2.36. The monoisotopic (exact) mass is 501 g/mol. The minimum atomic E-state index is -0.749. The van der Waals surface area contributed by atoms with Crippen LogP contribution in [-0.4, -0.2) is 41.6 Å². The van der Waals surface area contributed by atoms with Gasteiger partial charge in [0, 0.05) is 29.2 Å². The van der Waals surface area contributed by atoms with E-state index >= 15 is 0 Å². The van der Waals surface area contributed by atoms with Crippen LogP contribution in [0.25, 0.3) is 0 Å². The third-order valence-corrected chi connectivity index (χ3v) is 6.62. The van der Waals surface area contributed by atoms with Gasteiger partial charge in [-0.15, -0.1) is 0 Å². The number of primary amides is 1. The van der Waals surface area contributed by atoms with Crippen LogP contribution in [0.2, 0.25) is 0 Å². The highest BCUT2D eigenvalue weighted by molar-refractivity contribution is 9.10. The number of fused-ring (bicyclic) bond motifs is 1. The van der Waals surface area contributed by atoms with E-state index in [0.29, 0.717) is 19.0 Å². The van der Waals surface area contributed by atoms with Gasteiger partial charge in [0.15, 0.2) is 0 Å². The maximum atomic E-state index is 12.0. The van der Waals surface area contributed by atoms with Gasteiger partial charge in [0.05, 0.1) is 0 Å². The first-order valence-electron chi connectivity index (χ1n) is 11.3. The molecule has 3 N–H and O–H groups in total. The van der Waals surface area contributed by atoms with Crippen molar-refractivity contribution >= 4 is 33.6 Å². The van der Waals surface area contributed by atoms with E-state index < -0.39 is 12.0 Å². The third kappa shape index (κ3) is 6.81. The number of hydrogen-bond donors (Lipinski definition) is 2. The molecule has 0 bridgehead atoms. The number of nitrogens with two attached hydrogens (primary N) is 1. The van der Waals surface area contributed by atoms with E-state index in [-0.39, 0.29) is 6.42 Å². The van der Waals surface area contributed by atoms with E-state index in [2.05, 4.69) is 45.1 Å². The van der Waals surface area contributed by atoms with Crippen molar-refractivity contribution in [2.45, 2.75) is 51.0 Å². The van der Waals surface area contributed by atoms with Gasteiger partial charge in [0.25, 0.3) is 0 Å². The maximum absolute atomic E-state index is 12.0. The molecule has 0 aliphatic heterocycles. The summed E-state index contributed by atoms with van der Waals surface area (Å²) in [7, 11) is 0. The predicted octanol–water partition coefficient (Wildman–Crippen LogP) is 5.36. The number of halogens is 1. The quantitative estimate of drug-likeness (QED) is 0.405. The smallest absolute Gasteiger partial charge is 0.319 e. The SMILES string of the molecule is NC(=O)N(CCCCN(CCCC(=O)O)C1CCCc2ccccc21)c1ccc(Br)cc1. The van der Waals surface area contributed by atoms with Crippen LogP contribution in [-0.2, 0) is 11.2 Å². The number of amides is 2. The van der Waals surface area contributed by atoms with Crippen LogP contribution in [0.3, 0.4) is 0 Å². The molecule has 1 aliphatic rings. The van der Waals surface area contributed by atoms with Crippen LogP contribution in [0, 0.1) is 0 Å². The van der Waals surface area contributed by atoms with Crippen molar-refractivity contribution in [1.29, 1.82) is 0 Å². The number of carboxylic acid groups (broad SMARTS) is 1.